The van der Waals surface area contributed by atoms with Crippen LogP contribution in [-0.4, -0.2) is 0 Å². The first kappa shape index (κ1) is 28.6. The van der Waals surface area contributed by atoms with Crippen LogP contribution >= 0.6 is 11.3 Å². The number of thiophene rings is 1. The Morgan fingerprint density at radius 3 is 2.00 bits per heavy atom. The van der Waals surface area contributed by atoms with Gasteiger partial charge < -0.3 is 9.32 Å². The third-order valence-electron chi connectivity index (χ3n) is 9.58. The maximum atomic E-state index is 6.52. The Labute approximate surface area is 284 Å². The number of hydrogen-bond acceptors (Lipinski definition) is 3. The molecule has 9 aromatic rings. The first-order valence-corrected chi connectivity index (χ1v) is 17.3. The number of benzene rings is 7. The molecule has 0 spiro atoms. The SMILES string of the molecule is Cc1cccc2sc3ccc(C(Cc4ccc5c(c4)oc4ccc(N(c6ccccc6)c6ccccc6)cc45)c4ccccc4)cc3c12. The molecule has 2 aromatic heterocycles. The molecule has 1 atom stereocenters. The number of rotatable bonds is 7. The first-order chi connectivity index (χ1) is 23.7. The van der Waals surface area contributed by atoms with Gasteiger partial charge in [0, 0.05) is 53.9 Å². The Morgan fingerprint density at radius 2 is 1.25 bits per heavy atom. The van der Waals surface area contributed by atoms with Gasteiger partial charge in [-0.1, -0.05) is 97.1 Å². The van der Waals surface area contributed by atoms with Crippen molar-refractivity contribution < 1.29 is 4.42 Å². The van der Waals surface area contributed by atoms with Crippen molar-refractivity contribution in [2.24, 2.45) is 0 Å². The number of fused-ring (bicyclic) bond motifs is 6. The van der Waals surface area contributed by atoms with Gasteiger partial charge in [0.2, 0.25) is 0 Å². The summed E-state index contributed by atoms with van der Waals surface area (Å²) in [6.07, 6.45) is 0.880. The van der Waals surface area contributed by atoms with Gasteiger partial charge >= 0.3 is 0 Å². The Hall–Kier alpha value is -5.64. The van der Waals surface area contributed by atoms with Crippen LogP contribution in [0.1, 0.15) is 28.2 Å². The monoisotopic (exact) mass is 635 g/mol. The van der Waals surface area contributed by atoms with Crippen molar-refractivity contribution >= 4 is 70.5 Å². The molecule has 0 N–H and O–H groups in total. The van der Waals surface area contributed by atoms with Crippen molar-refractivity contribution in [2.45, 2.75) is 19.3 Å². The van der Waals surface area contributed by atoms with Gasteiger partial charge in [0.15, 0.2) is 0 Å². The number of anilines is 3. The summed E-state index contributed by atoms with van der Waals surface area (Å²) in [5.41, 5.74) is 10.4. The second-order valence-electron chi connectivity index (χ2n) is 12.6. The third kappa shape index (κ3) is 5.04. The highest BCUT2D eigenvalue weighted by Crippen LogP contribution is 2.41. The summed E-state index contributed by atoms with van der Waals surface area (Å²) >= 11 is 1.88. The molecule has 0 saturated carbocycles. The van der Waals surface area contributed by atoms with Crippen LogP contribution < -0.4 is 4.90 Å². The number of aryl methyl sites for hydroxylation is 1. The van der Waals surface area contributed by atoms with Gasteiger partial charge in [0.05, 0.1) is 0 Å². The zero-order valence-electron chi connectivity index (χ0n) is 26.6. The Morgan fingerprint density at radius 1 is 0.521 bits per heavy atom. The van der Waals surface area contributed by atoms with Crippen LogP contribution in [0.5, 0.6) is 0 Å². The van der Waals surface area contributed by atoms with Crippen LogP contribution in [0.25, 0.3) is 42.1 Å². The van der Waals surface area contributed by atoms with Gasteiger partial charge in [-0.15, -0.1) is 11.3 Å². The predicted molar refractivity (Wildman–Crippen MR) is 204 cm³/mol. The van der Waals surface area contributed by atoms with Gasteiger partial charge in [0.1, 0.15) is 11.2 Å². The third-order valence-corrected chi connectivity index (χ3v) is 10.7. The quantitative estimate of drug-likeness (QED) is 0.173. The summed E-state index contributed by atoms with van der Waals surface area (Å²) in [7, 11) is 0. The van der Waals surface area contributed by atoms with E-state index in [1.165, 1.54) is 42.4 Å². The molecule has 2 nitrogen and oxygen atoms in total. The van der Waals surface area contributed by atoms with Crippen LogP contribution in [0.15, 0.2) is 168 Å². The van der Waals surface area contributed by atoms with Gasteiger partial charge in [-0.05, 0) is 102 Å². The highest BCUT2D eigenvalue weighted by Gasteiger charge is 2.19. The fraction of sp³-hybridized carbons (Fsp3) is 0.0667. The lowest BCUT2D eigenvalue weighted by atomic mass is 9.85. The van der Waals surface area contributed by atoms with E-state index in [1.807, 2.05) is 11.3 Å². The average molecular weight is 636 g/mol. The highest BCUT2D eigenvalue weighted by atomic mass is 32.1. The zero-order valence-corrected chi connectivity index (χ0v) is 27.5. The number of nitrogens with zero attached hydrogens (tertiary/aromatic N) is 1. The van der Waals surface area contributed by atoms with Crippen molar-refractivity contribution in [1.82, 2.24) is 0 Å². The molecule has 0 bridgehead atoms. The fourth-order valence-corrected chi connectivity index (χ4v) is 8.43. The van der Waals surface area contributed by atoms with Crippen molar-refractivity contribution in [2.75, 3.05) is 4.90 Å². The molecule has 0 aliphatic rings. The lowest BCUT2D eigenvalue weighted by molar-refractivity contribution is 0.667. The molecule has 0 fully saturated rings. The molecule has 3 heteroatoms. The summed E-state index contributed by atoms with van der Waals surface area (Å²) in [6.45, 7) is 2.22. The summed E-state index contributed by atoms with van der Waals surface area (Å²) < 4.78 is 9.22. The highest BCUT2D eigenvalue weighted by molar-refractivity contribution is 7.25. The number of hydrogen-bond donors (Lipinski definition) is 0. The normalized spacial score (nSPS) is 12.3. The molecule has 230 valence electrons. The lowest BCUT2D eigenvalue weighted by Gasteiger charge is -2.25. The molecule has 0 radical (unpaired) electrons. The first-order valence-electron chi connectivity index (χ1n) is 16.5. The van der Waals surface area contributed by atoms with Crippen molar-refractivity contribution in [3.63, 3.8) is 0 Å². The topological polar surface area (TPSA) is 16.4 Å². The minimum atomic E-state index is 0.216. The summed E-state index contributed by atoms with van der Waals surface area (Å²) in [5, 5.41) is 4.99. The van der Waals surface area contributed by atoms with Crippen molar-refractivity contribution in [3.8, 4) is 0 Å². The molecule has 48 heavy (non-hydrogen) atoms. The summed E-state index contributed by atoms with van der Waals surface area (Å²) in [5.74, 6) is 0.216. The van der Waals surface area contributed by atoms with Crippen LogP contribution in [0.4, 0.5) is 17.1 Å². The molecule has 0 aliphatic heterocycles. The Balaban J connectivity index is 1.11. The second kappa shape index (κ2) is 11.9. The van der Waals surface area contributed by atoms with Crippen molar-refractivity contribution in [3.05, 3.63) is 186 Å². The van der Waals surface area contributed by atoms with Crippen LogP contribution in [0, 0.1) is 6.92 Å². The molecule has 9 rings (SSSR count). The van der Waals surface area contributed by atoms with E-state index in [1.54, 1.807) is 0 Å². The summed E-state index contributed by atoms with van der Waals surface area (Å²) in [6, 6.07) is 59.0. The van der Waals surface area contributed by atoms with Gasteiger partial charge in [-0.3, -0.25) is 0 Å². The predicted octanol–water partition coefficient (Wildman–Crippen LogP) is 13.1. The Kier molecular flexibility index (Phi) is 7.06. The zero-order chi connectivity index (χ0) is 32.0. The molecular weight excluding hydrogens is 603 g/mol. The minimum absolute atomic E-state index is 0.216. The van der Waals surface area contributed by atoms with E-state index >= 15 is 0 Å². The summed E-state index contributed by atoms with van der Waals surface area (Å²) in [4.78, 5) is 2.30. The van der Waals surface area contributed by atoms with E-state index in [0.717, 1.165) is 45.4 Å². The minimum Gasteiger partial charge on any atom is -0.456 e. The van der Waals surface area contributed by atoms with Crippen LogP contribution in [0.2, 0.25) is 0 Å². The largest absolute Gasteiger partial charge is 0.456 e. The molecule has 1 unspecified atom stereocenters. The van der Waals surface area contributed by atoms with Crippen LogP contribution in [-0.2, 0) is 6.42 Å². The van der Waals surface area contributed by atoms with E-state index in [-0.39, 0.29) is 5.92 Å². The van der Waals surface area contributed by atoms with Gasteiger partial charge in [-0.25, -0.2) is 0 Å². The molecule has 2 heterocycles. The van der Waals surface area contributed by atoms with Gasteiger partial charge in [-0.2, -0.15) is 0 Å². The standard InChI is InChI=1S/C45H33NOS/c1-30-12-11-19-44-45(30)40-28-33(21-25-43(40)48-44)38(32-13-5-2-6-14-32)26-31-20-23-37-39-29-36(22-24-41(39)47-42(37)27-31)46(34-15-7-3-8-16-34)35-17-9-4-10-18-35/h2-25,27-29,38H,26H2,1H3. The fourth-order valence-electron chi connectivity index (χ4n) is 7.26. The number of furan rings is 1. The van der Waals surface area contributed by atoms with Crippen LogP contribution in [0.3, 0.4) is 0 Å². The lowest BCUT2D eigenvalue weighted by Crippen LogP contribution is -2.09. The Bertz CT molecular complexity index is 2510. The van der Waals surface area contributed by atoms with E-state index in [0.29, 0.717) is 0 Å². The maximum absolute atomic E-state index is 6.52. The maximum Gasteiger partial charge on any atom is 0.135 e. The van der Waals surface area contributed by atoms with Crippen molar-refractivity contribution in [1.29, 1.82) is 0 Å². The smallest absolute Gasteiger partial charge is 0.135 e. The molecule has 7 aromatic carbocycles. The molecular formula is C45H33NOS. The number of para-hydroxylation sites is 2. The molecule has 0 amide bonds. The van der Waals surface area contributed by atoms with E-state index in [9.17, 15) is 0 Å². The van der Waals surface area contributed by atoms with E-state index in [2.05, 4.69) is 176 Å². The average Bonchev–Trinajstić information content (AvgIpc) is 3.70. The second-order valence-corrected chi connectivity index (χ2v) is 13.7. The van der Waals surface area contributed by atoms with Gasteiger partial charge in [0.25, 0.3) is 0 Å². The van der Waals surface area contributed by atoms with E-state index < -0.39 is 0 Å². The molecule has 0 aliphatic carbocycles. The molecule has 0 saturated heterocycles. The van der Waals surface area contributed by atoms with E-state index in [4.69, 9.17) is 4.42 Å².